The molecular formula is C13H10Br2N2O3S. The van der Waals surface area contributed by atoms with Crippen molar-refractivity contribution in [3.63, 3.8) is 0 Å². The van der Waals surface area contributed by atoms with Gasteiger partial charge in [-0.15, -0.1) is 0 Å². The predicted molar refractivity (Wildman–Crippen MR) is 90.2 cm³/mol. The lowest BCUT2D eigenvalue weighted by Crippen LogP contribution is -2.23. The van der Waals surface area contributed by atoms with Gasteiger partial charge in [0.2, 0.25) is 5.91 Å². The molecule has 5 nitrogen and oxygen atoms in total. The molecule has 2 amide bonds. The number of nitrogens with one attached hydrogen (secondary N) is 1. The number of nitrogens with zero attached hydrogens (tertiary/aromatic N) is 1. The Labute approximate surface area is 142 Å². The van der Waals surface area contributed by atoms with Gasteiger partial charge in [-0.05, 0) is 45.9 Å². The minimum absolute atomic E-state index is 0.266. The summed E-state index contributed by atoms with van der Waals surface area (Å²) in [4.78, 5) is 27.0. The fourth-order valence-electron chi connectivity index (χ4n) is 1.66. The van der Waals surface area contributed by atoms with Crippen LogP contribution in [0.4, 0.5) is 0 Å². The Balaban J connectivity index is 2.34. The van der Waals surface area contributed by atoms with E-state index in [2.05, 4.69) is 42.2 Å². The number of thioether (sulfide) groups is 1. The van der Waals surface area contributed by atoms with Crippen LogP contribution in [0, 0.1) is 0 Å². The van der Waals surface area contributed by atoms with Crippen LogP contribution in [0.3, 0.4) is 0 Å². The lowest BCUT2D eigenvalue weighted by Gasteiger charge is -2.08. The van der Waals surface area contributed by atoms with Gasteiger partial charge in [0.25, 0.3) is 5.91 Å². The summed E-state index contributed by atoms with van der Waals surface area (Å²) >= 11 is 7.92. The van der Waals surface area contributed by atoms with Gasteiger partial charge in [-0.1, -0.05) is 15.9 Å². The van der Waals surface area contributed by atoms with Crippen molar-refractivity contribution in [2.75, 3.05) is 7.11 Å². The van der Waals surface area contributed by atoms with Crippen LogP contribution in [0.2, 0.25) is 0 Å². The van der Waals surface area contributed by atoms with Crippen LogP contribution < -0.4 is 10.1 Å². The molecule has 8 heteroatoms. The number of hydrogen-bond acceptors (Lipinski definition) is 4. The van der Waals surface area contributed by atoms with Crippen LogP contribution in [0.25, 0.3) is 6.08 Å². The number of benzene rings is 1. The highest BCUT2D eigenvalue weighted by Crippen LogP contribution is 2.36. The van der Waals surface area contributed by atoms with Crippen molar-refractivity contribution in [1.29, 1.82) is 0 Å². The molecule has 0 saturated carbocycles. The molecule has 0 bridgehead atoms. The summed E-state index contributed by atoms with van der Waals surface area (Å²) < 4.78 is 6.94. The Morgan fingerprint density at radius 2 is 2.14 bits per heavy atom. The molecule has 0 saturated heterocycles. The van der Waals surface area contributed by atoms with E-state index in [9.17, 15) is 9.59 Å². The molecule has 110 valence electrons. The van der Waals surface area contributed by atoms with E-state index in [4.69, 9.17) is 4.74 Å². The van der Waals surface area contributed by atoms with E-state index in [0.29, 0.717) is 10.7 Å². The van der Waals surface area contributed by atoms with Gasteiger partial charge in [0.05, 0.1) is 16.5 Å². The second kappa shape index (κ2) is 6.76. The summed E-state index contributed by atoms with van der Waals surface area (Å²) in [6, 6.07) is 3.69. The quantitative estimate of drug-likeness (QED) is 0.726. The number of hydrogen-bond donors (Lipinski definition) is 1. The maximum Gasteiger partial charge on any atom is 0.286 e. The zero-order chi connectivity index (χ0) is 15.6. The molecule has 0 radical (unpaired) electrons. The number of ether oxygens (including phenoxy) is 1. The molecule has 0 aliphatic carbocycles. The second-order valence-corrected chi connectivity index (χ2v) is 6.82. The summed E-state index contributed by atoms with van der Waals surface area (Å²) in [5, 5.41) is 2.79. The third kappa shape index (κ3) is 3.96. The number of carbonyl (C=O) groups excluding carboxylic acids is 2. The van der Waals surface area contributed by atoms with Gasteiger partial charge >= 0.3 is 0 Å². The summed E-state index contributed by atoms with van der Waals surface area (Å²) in [7, 11) is 1.55. The van der Waals surface area contributed by atoms with Gasteiger partial charge in [-0.3, -0.25) is 9.59 Å². The molecule has 1 aromatic rings. The fourth-order valence-corrected chi connectivity index (χ4v) is 3.93. The van der Waals surface area contributed by atoms with Gasteiger partial charge in [-0.25, -0.2) is 0 Å². The Hall–Kier alpha value is -1.12. The monoisotopic (exact) mass is 432 g/mol. The van der Waals surface area contributed by atoms with Crippen LogP contribution in [0.5, 0.6) is 5.75 Å². The number of halogens is 2. The first-order valence-electron chi connectivity index (χ1n) is 5.74. The van der Waals surface area contributed by atoms with Crippen LogP contribution in [-0.2, 0) is 9.59 Å². The topological polar surface area (TPSA) is 67.8 Å². The molecule has 0 fully saturated rings. The van der Waals surface area contributed by atoms with E-state index in [1.165, 1.54) is 6.92 Å². The number of amides is 2. The van der Waals surface area contributed by atoms with E-state index in [0.717, 1.165) is 26.3 Å². The molecule has 1 N–H and O–H groups in total. The highest BCUT2D eigenvalue weighted by Gasteiger charge is 2.23. The second-order valence-electron chi connectivity index (χ2n) is 4.02. The SMILES string of the molecule is COc1c(Br)cc(Br)cc1C=C1SC(NC(C)=O)=NC1=O. The van der Waals surface area contributed by atoms with Crippen molar-refractivity contribution in [2.24, 2.45) is 4.99 Å². The van der Waals surface area contributed by atoms with Crippen molar-refractivity contribution in [3.8, 4) is 5.75 Å². The smallest absolute Gasteiger partial charge is 0.286 e. The number of carbonyl (C=O) groups is 2. The Morgan fingerprint density at radius 1 is 1.43 bits per heavy atom. The summed E-state index contributed by atoms with van der Waals surface area (Å²) in [6.45, 7) is 1.36. The van der Waals surface area contributed by atoms with Gasteiger partial charge in [0, 0.05) is 17.0 Å². The molecular weight excluding hydrogens is 424 g/mol. The standard InChI is InChI=1S/C13H10Br2N2O3S/c1-6(18)16-13-17-12(19)10(21-13)4-7-3-8(14)5-9(15)11(7)20-2/h3-5H,1-2H3,(H,16,17,18,19). The van der Waals surface area contributed by atoms with E-state index in [1.54, 1.807) is 13.2 Å². The van der Waals surface area contributed by atoms with Crippen LogP contribution in [0.15, 0.2) is 31.0 Å². The first-order valence-corrected chi connectivity index (χ1v) is 8.14. The maximum absolute atomic E-state index is 11.8. The van der Waals surface area contributed by atoms with Gasteiger partial charge < -0.3 is 10.1 Å². The van der Waals surface area contributed by atoms with Crippen molar-refractivity contribution in [2.45, 2.75) is 6.92 Å². The average molecular weight is 434 g/mol. The summed E-state index contributed by atoms with van der Waals surface area (Å²) in [5.41, 5.74) is 0.730. The minimum atomic E-state index is -0.387. The maximum atomic E-state index is 11.8. The first kappa shape index (κ1) is 16.3. The zero-order valence-electron chi connectivity index (χ0n) is 11.1. The minimum Gasteiger partial charge on any atom is -0.495 e. The Bertz CT molecular complexity index is 686. The number of rotatable bonds is 2. The molecule has 1 aromatic carbocycles. The molecule has 0 aromatic heterocycles. The highest BCUT2D eigenvalue weighted by molar-refractivity contribution is 9.11. The third-order valence-electron chi connectivity index (χ3n) is 2.43. The number of aliphatic imine (C=N–C) groups is 1. The van der Waals surface area contributed by atoms with E-state index in [1.807, 2.05) is 12.1 Å². The van der Waals surface area contributed by atoms with Crippen molar-refractivity contribution < 1.29 is 14.3 Å². The molecule has 0 atom stereocenters. The van der Waals surface area contributed by atoms with Crippen LogP contribution in [0.1, 0.15) is 12.5 Å². The summed E-state index contributed by atoms with van der Waals surface area (Å²) in [6.07, 6.45) is 1.68. The molecule has 1 aliphatic heterocycles. The normalized spacial score (nSPS) is 16.1. The lowest BCUT2D eigenvalue weighted by molar-refractivity contribution is -0.117. The van der Waals surface area contributed by atoms with Gasteiger partial charge in [0.1, 0.15) is 5.75 Å². The van der Waals surface area contributed by atoms with Crippen LogP contribution >= 0.6 is 43.6 Å². The van der Waals surface area contributed by atoms with E-state index >= 15 is 0 Å². The first-order chi connectivity index (χ1) is 9.90. The predicted octanol–water partition coefficient (Wildman–Crippen LogP) is 3.33. The van der Waals surface area contributed by atoms with E-state index < -0.39 is 0 Å². The molecule has 0 spiro atoms. The lowest BCUT2D eigenvalue weighted by atomic mass is 10.2. The Kier molecular flexibility index (Phi) is 5.23. The van der Waals surface area contributed by atoms with Crippen molar-refractivity contribution >= 4 is 66.7 Å². The van der Waals surface area contributed by atoms with E-state index in [-0.39, 0.29) is 17.0 Å². The van der Waals surface area contributed by atoms with Crippen molar-refractivity contribution in [1.82, 2.24) is 5.32 Å². The molecule has 2 rings (SSSR count). The van der Waals surface area contributed by atoms with Crippen LogP contribution in [-0.4, -0.2) is 24.1 Å². The molecule has 21 heavy (non-hydrogen) atoms. The molecule has 1 heterocycles. The molecule has 1 aliphatic rings. The fraction of sp³-hybridized carbons (Fsp3) is 0.154. The Morgan fingerprint density at radius 3 is 2.76 bits per heavy atom. The summed E-state index contributed by atoms with van der Waals surface area (Å²) in [5.74, 6) is -0.0351. The number of amidine groups is 1. The van der Waals surface area contributed by atoms with Gasteiger partial charge in [0.15, 0.2) is 5.17 Å². The van der Waals surface area contributed by atoms with Gasteiger partial charge in [-0.2, -0.15) is 4.99 Å². The zero-order valence-corrected chi connectivity index (χ0v) is 15.1. The average Bonchev–Trinajstić information content (AvgIpc) is 2.68. The molecule has 0 unspecified atom stereocenters. The highest BCUT2D eigenvalue weighted by atomic mass is 79.9. The largest absolute Gasteiger partial charge is 0.495 e. The number of methoxy groups -OCH3 is 1. The van der Waals surface area contributed by atoms with Crippen molar-refractivity contribution in [3.05, 3.63) is 31.5 Å². The third-order valence-corrected chi connectivity index (χ3v) is 4.38.